The van der Waals surface area contributed by atoms with Crippen molar-refractivity contribution < 1.29 is 9.53 Å². The highest BCUT2D eigenvalue weighted by molar-refractivity contribution is 7.21. The Kier molecular flexibility index (Phi) is 3.40. The maximum Gasteiger partial charge on any atom is 0.260 e. The summed E-state index contributed by atoms with van der Waals surface area (Å²) >= 11 is 6.99. The summed E-state index contributed by atoms with van der Waals surface area (Å²) in [5.41, 5.74) is 11.6. The fourth-order valence-electron chi connectivity index (χ4n) is 1.91. The summed E-state index contributed by atoms with van der Waals surface area (Å²) in [7, 11) is 0. The normalized spacial score (nSPS) is 10.7. The predicted octanol–water partition coefficient (Wildman–Crippen LogP) is 3.42. The Bertz CT molecular complexity index is 830. The van der Waals surface area contributed by atoms with E-state index in [0.29, 0.717) is 32.4 Å². The molecule has 0 radical (unpaired) electrons. The number of fused-ring (bicyclic) bond motifs is 1. The van der Waals surface area contributed by atoms with Crippen LogP contribution in [0.25, 0.3) is 10.2 Å². The maximum absolute atomic E-state index is 11.4. The minimum Gasteiger partial charge on any atom is -0.456 e. The molecule has 0 bridgehead atoms. The molecule has 3 rings (SSSR count). The van der Waals surface area contributed by atoms with Crippen LogP contribution in [0.5, 0.6) is 11.5 Å². The summed E-state index contributed by atoms with van der Waals surface area (Å²) in [4.78, 5) is 16.4. The molecule has 2 aromatic heterocycles. The molecule has 21 heavy (non-hydrogen) atoms. The molecule has 4 N–H and O–H groups in total. The number of pyridine rings is 1. The summed E-state index contributed by atoms with van der Waals surface area (Å²) in [5, 5.41) is 1.21. The highest BCUT2D eigenvalue weighted by atomic mass is 35.5. The number of halogens is 1. The molecule has 0 aliphatic heterocycles. The Hall–Kier alpha value is -2.31. The lowest BCUT2D eigenvalue weighted by Gasteiger charge is -2.07. The van der Waals surface area contributed by atoms with E-state index in [1.165, 1.54) is 0 Å². The first-order valence-corrected chi connectivity index (χ1v) is 7.16. The maximum atomic E-state index is 11.4. The van der Waals surface area contributed by atoms with Crippen molar-refractivity contribution in [3.8, 4) is 11.5 Å². The molecule has 106 valence electrons. The molecule has 0 saturated heterocycles. The highest BCUT2D eigenvalue weighted by Crippen LogP contribution is 2.39. The minimum atomic E-state index is -0.576. The van der Waals surface area contributed by atoms with Crippen molar-refractivity contribution in [2.45, 2.75) is 0 Å². The third-order valence-electron chi connectivity index (χ3n) is 2.86. The van der Waals surface area contributed by atoms with Gasteiger partial charge in [-0.25, -0.2) is 4.98 Å². The van der Waals surface area contributed by atoms with Gasteiger partial charge >= 0.3 is 0 Å². The lowest BCUT2D eigenvalue weighted by Crippen LogP contribution is -2.10. The van der Waals surface area contributed by atoms with E-state index in [2.05, 4.69) is 4.98 Å². The number of anilines is 1. The van der Waals surface area contributed by atoms with Crippen LogP contribution in [-0.2, 0) is 0 Å². The summed E-state index contributed by atoms with van der Waals surface area (Å²) < 4.78 is 5.80. The van der Waals surface area contributed by atoms with E-state index in [4.69, 9.17) is 27.8 Å². The van der Waals surface area contributed by atoms with Crippen LogP contribution >= 0.6 is 22.9 Å². The van der Waals surface area contributed by atoms with Gasteiger partial charge in [-0.15, -0.1) is 11.3 Å². The van der Waals surface area contributed by atoms with Crippen LogP contribution in [0.3, 0.4) is 0 Å². The molecule has 0 atom stereocenters. The highest BCUT2D eigenvalue weighted by Gasteiger charge is 2.18. The Morgan fingerprint density at radius 2 is 1.95 bits per heavy atom. The van der Waals surface area contributed by atoms with Gasteiger partial charge in [-0.2, -0.15) is 0 Å². The van der Waals surface area contributed by atoms with E-state index in [1.807, 2.05) is 0 Å². The molecule has 1 amide bonds. The number of hydrogen-bond donors (Lipinski definition) is 2. The molecule has 0 fully saturated rings. The fourth-order valence-corrected chi connectivity index (χ4v) is 2.97. The second-order valence-electron chi connectivity index (χ2n) is 4.25. The number of nitrogen functional groups attached to an aromatic ring is 1. The first kappa shape index (κ1) is 13.7. The first-order chi connectivity index (χ1) is 10.1. The van der Waals surface area contributed by atoms with Crippen LogP contribution in [0, 0.1) is 0 Å². The van der Waals surface area contributed by atoms with Gasteiger partial charge in [0.05, 0.1) is 11.1 Å². The molecule has 7 heteroatoms. The van der Waals surface area contributed by atoms with Gasteiger partial charge in [-0.3, -0.25) is 4.79 Å². The smallest absolute Gasteiger partial charge is 0.260 e. The number of nitrogens with zero attached hydrogens (tertiary/aromatic N) is 1. The average Bonchev–Trinajstić information content (AvgIpc) is 2.80. The standard InChI is InChI=1S/C14H10ClN3O2S/c15-7-1-3-8(4-2-7)20-9-5-6-18-14-10(9)11(16)12(21-14)13(17)19/h1-6H,16H2,(H2,17,19). The van der Waals surface area contributed by atoms with Crippen molar-refractivity contribution >= 4 is 44.7 Å². The summed E-state index contributed by atoms with van der Waals surface area (Å²) in [5.74, 6) is 0.551. The number of nitrogens with two attached hydrogens (primary N) is 2. The molecule has 0 aliphatic rings. The molecule has 0 spiro atoms. The number of hydrogen-bond acceptors (Lipinski definition) is 5. The largest absolute Gasteiger partial charge is 0.456 e. The topological polar surface area (TPSA) is 91.2 Å². The van der Waals surface area contributed by atoms with Crippen LogP contribution in [0.4, 0.5) is 5.69 Å². The van der Waals surface area contributed by atoms with E-state index in [0.717, 1.165) is 11.3 Å². The van der Waals surface area contributed by atoms with E-state index in [-0.39, 0.29) is 4.88 Å². The van der Waals surface area contributed by atoms with Gasteiger partial charge in [-0.05, 0) is 30.3 Å². The molecule has 0 aliphatic carbocycles. The number of rotatable bonds is 3. The van der Waals surface area contributed by atoms with Crippen molar-refractivity contribution in [3.63, 3.8) is 0 Å². The number of thiophene rings is 1. The zero-order valence-corrected chi connectivity index (χ0v) is 12.2. The number of benzene rings is 1. The zero-order chi connectivity index (χ0) is 15.0. The van der Waals surface area contributed by atoms with E-state index < -0.39 is 5.91 Å². The van der Waals surface area contributed by atoms with Crippen molar-refractivity contribution in [1.82, 2.24) is 4.98 Å². The zero-order valence-electron chi connectivity index (χ0n) is 10.7. The summed E-state index contributed by atoms with van der Waals surface area (Å²) in [6.45, 7) is 0. The molecule has 1 aromatic carbocycles. The average molecular weight is 320 g/mol. The molecular formula is C14H10ClN3O2S. The third-order valence-corrected chi connectivity index (χ3v) is 4.24. The number of carbonyl (C=O) groups is 1. The second-order valence-corrected chi connectivity index (χ2v) is 5.69. The minimum absolute atomic E-state index is 0.282. The molecule has 5 nitrogen and oxygen atoms in total. The SMILES string of the molecule is NC(=O)c1sc2nccc(Oc3ccc(Cl)cc3)c2c1N. The monoisotopic (exact) mass is 319 g/mol. The molecule has 0 unspecified atom stereocenters. The van der Waals surface area contributed by atoms with Gasteiger partial charge in [0.2, 0.25) is 0 Å². The number of primary amides is 1. The van der Waals surface area contributed by atoms with Crippen LogP contribution < -0.4 is 16.2 Å². The fraction of sp³-hybridized carbons (Fsp3) is 0. The van der Waals surface area contributed by atoms with Crippen molar-refractivity contribution in [3.05, 3.63) is 46.4 Å². The van der Waals surface area contributed by atoms with Gasteiger partial charge in [0.1, 0.15) is 21.2 Å². The lowest BCUT2D eigenvalue weighted by molar-refractivity contribution is 0.100. The van der Waals surface area contributed by atoms with E-state index >= 15 is 0 Å². The Labute approximate surface area is 129 Å². The van der Waals surface area contributed by atoms with E-state index in [1.54, 1.807) is 36.5 Å². The third kappa shape index (κ3) is 2.51. The number of carbonyl (C=O) groups excluding carboxylic acids is 1. The number of ether oxygens (including phenoxy) is 1. The van der Waals surface area contributed by atoms with Crippen molar-refractivity contribution in [2.24, 2.45) is 5.73 Å². The van der Waals surface area contributed by atoms with Gasteiger partial charge in [0, 0.05) is 11.2 Å². The van der Waals surface area contributed by atoms with Crippen LogP contribution in [-0.4, -0.2) is 10.9 Å². The van der Waals surface area contributed by atoms with Crippen molar-refractivity contribution in [2.75, 3.05) is 5.73 Å². The van der Waals surface area contributed by atoms with Gasteiger partial charge in [-0.1, -0.05) is 11.6 Å². The van der Waals surface area contributed by atoms with Crippen molar-refractivity contribution in [1.29, 1.82) is 0 Å². The molecule has 0 saturated carbocycles. The summed E-state index contributed by atoms with van der Waals surface area (Å²) in [6.07, 6.45) is 1.59. The van der Waals surface area contributed by atoms with Crippen LogP contribution in [0.1, 0.15) is 9.67 Å². The molecule has 2 heterocycles. The number of aromatic nitrogens is 1. The Balaban J connectivity index is 2.10. The first-order valence-electron chi connectivity index (χ1n) is 5.96. The lowest BCUT2D eigenvalue weighted by atomic mass is 10.2. The number of amides is 1. The molecular weight excluding hydrogens is 310 g/mol. The Morgan fingerprint density at radius 1 is 1.24 bits per heavy atom. The molecule has 3 aromatic rings. The predicted molar refractivity (Wildman–Crippen MR) is 84.1 cm³/mol. The summed E-state index contributed by atoms with van der Waals surface area (Å²) in [6, 6.07) is 8.62. The van der Waals surface area contributed by atoms with Crippen LogP contribution in [0.2, 0.25) is 5.02 Å². The Morgan fingerprint density at radius 3 is 2.62 bits per heavy atom. The van der Waals surface area contributed by atoms with Gasteiger partial charge in [0.15, 0.2) is 0 Å². The van der Waals surface area contributed by atoms with E-state index in [9.17, 15) is 4.79 Å². The quantitative estimate of drug-likeness (QED) is 0.773. The van der Waals surface area contributed by atoms with Gasteiger partial charge in [0.25, 0.3) is 5.91 Å². The van der Waals surface area contributed by atoms with Crippen LogP contribution in [0.15, 0.2) is 36.5 Å². The van der Waals surface area contributed by atoms with Gasteiger partial charge < -0.3 is 16.2 Å². The second kappa shape index (κ2) is 5.23.